The number of nitrogens with zero attached hydrogens (tertiary/aromatic N) is 2. The number of aryl methyl sites for hydroxylation is 1. The topological polar surface area (TPSA) is 103 Å². The Morgan fingerprint density at radius 1 is 1.45 bits per heavy atom. The van der Waals surface area contributed by atoms with Gasteiger partial charge in [0.2, 0.25) is 0 Å². The normalized spacial score (nSPS) is 17.9. The monoisotopic (exact) mass is 457 g/mol. The van der Waals surface area contributed by atoms with Crippen molar-refractivity contribution in [1.29, 1.82) is 0 Å². The van der Waals surface area contributed by atoms with Crippen molar-refractivity contribution in [2.24, 2.45) is 0 Å². The molecule has 11 heteroatoms. The minimum Gasteiger partial charge on any atom is -0.338 e. The molecule has 1 unspecified atom stereocenters. The third-order valence-electron chi connectivity index (χ3n) is 4.57. The van der Waals surface area contributed by atoms with Gasteiger partial charge in [0.15, 0.2) is 15.0 Å². The Morgan fingerprint density at radius 3 is 2.90 bits per heavy atom. The molecule has 0 spiro atoms. The van der Waals surface area contributed by atoms with E-state index in [9.17, 15) is 13.2 Å². The lowest BCUT2D eigenvalue weighted by molar-refractivity contribution is 0.252. The van der Waals surface area contributed by atoms with Crippen molar-refractivity contribution < 1.29 is 13.2 Å². The van der Waals surface area contributed by atoms with E-state index in [1.165, 1.54) is 11.3 Å². The molecule has 2 amide bonds. The van der Waals surface area contributed by atoms with E-state index in [0.29, 0.717) is 36.0 Å². The van der Waals surface area contributed by atoms with Crippen LogP contribution in [0.5, 0.6) is 0 Å². The maximum Gasteiger partial charge on any atom is 0.321 e. The zero-order valence-corrected chi connectivity index (χ0v) is 18.8. The van der Waals surface area contributed by atoms with E-state index in [1.807, 2.05) is 25.8 Å². The van der Waals surface area contributed by atoms with Crippen LogP contribution in [0.25, 0.3) is 10.4 Å². The Bertz CT molecular complexity index is 1010. The SMILES string of the molecule is CCNC(=O)Nc1nc(C)c(-c2ccc(Cl)c(S(=O)(=O)C3CN(C)CCN3)c2)s1. The lowest BCUT2D eigenvalue weighted by Crippen LogP contribution is -2.52. The fourth-order valence-corrected chi connectivity index (χ4v) is 6.22. The molecule has 8 nitrogen and oxygen atoms in total. The number of urea groups is 1. The molecular formula is C18H24ClN5O3S2. The number of rotatable bonds is 5. The quantitative estimate of drug-likeness (QED) is 0.637. The highest BCUT2D eigenvalue weighted by atomic mass is 35.5. The lowest BCUT2D eigenvalue weighted by Gasteiger charge is -2.30. The van der Waals surface area contributed by atoms with Gasteiger partial charge in [-0.25, -0.2) is 18.2 Å². The van der Waals surface area contributed by atoms with Gasteiger partial charge in [0.1, 0.15) is 5.37 Å². The fraction of sp³-hybridized carbons (Fsp3) is 0.444. The number of thiazole rings is 1. The third kappa shape index (κ3) is 4.89. The standard InChI is InChI=1S/C18H24ClN5O3S2/c1-4-20-17(25)23-18-22-11(2)16(28-18)12-5-6-13(19)14(9-12)29(26,27)15-10-24(3)8-7-21-15/h5-6,9,15,21H,4,7-8,10H2,1-3H3,(H2,20,22,23,25). The molecule has 29 heavy (non-hydrogen) atoms. The number of anilines is 1. The zero-order chi connectivity index (χ0) is 21.2. The summed E-state index contributed by atoms with van der Waals surface area (Å²) in [6.45, 7) is 5.93. The summed E-state index contributed by atoms with van der Waals surface area (Å²) in [5.74, 6) is 0. The van der Waals surface area contributed by atoms with E-state index >= 15 is 0 Å². The van der Waals surface area contributed by atoms with Gasteiger partial charge in [-0.15, -0.1) is 0 Å². The summed E-state index contributed by atoms with van der Waals surface area (Å²) in [5, 5.41) is 8.32. The summed E-state index contributed by atoms with van der Waals surface area (Å²) < 4.78 is 26.4. The molecule has 1 atom stereocenters. The van der Waals surface area contributed by atoms with Gasteiger partial charge in [0, 0.05) is 26.2 Å². The number of piperazine rings is 1. The summed E-state index contributed by atoms with van der Waals surface area (Å²) in [6, 6.07) is 4.61. The molecule has 2 aromatic rings. The highest BCUT2D eigenvalue weighted by Crippen LogP contribution is 2.36. The van der Waals surface area contributed by atoms with Gasteiger partial charge in [-0.2, -0.15) is 0 Å². The Labute approximate surface area is 179 Å². The Kier molecular flexibility index (Phi) is 6.79. The number of hydrogen-bond donors (Lipinski definition) is 3. The fourth-order valence-electron chi connectivity index (χ4n) is 3.10. The molecule has 1 aliphatic heterocycles. The summed E-state index contributed by atoms with van der Waals surface area (Å²) >= 11 is 7.56. The third-order valence-corrected chi connectivity index (χ3v) is 8.15. The number of halogens is 1. The van der Waals surface area contributed by atoms with Crippen LogP contribution in [-0.2, 0) is 9.84 Å². The predicted octanol–water partition coefficient (Wildman–Crippen LogP) is 2.55. The number of sulfone groups is 1. The molecule has 1 fully saturated rings. The summed E-state index contributed by atoms with van der Waals surface area (Å²) in [6.07, 6.45) is 0. The van der Waals surface area contributed by atoms with E-state index in [0.717, 1.165) is 11.4 Å². The Hall–Kier alpha value is -1.72. The number of hydrogen-bond acceptors (Lipinski definition) is 7. The highest BCUT2D eigenvalue weighted by Gasteiger charge is 2.32. The molecule has 0 radical (unpaired) electrons. The molecule has 1 aliphatic rings. The highest BCUT2D eigenvalue weighted by molar-refractivity contribution is 7.92. The maximum atomic E-state index is 13.2. The Balaban J connectivity index is 1.93. The number of amides is 2. The minimum atomic E-state index is -3.67. The second-order valence-electron chi connectivity index (χ2n) is 6.81. The van der Waals surface area contributed by atoms with Crippen LogP contribution in [0.3, 0.4) is 0 Å². The van der Waals surface area contributed by atoms with Crippen LogP contribution in [0, 0.1) is 6.92 Å². The average molecular weight is 458 g/mol. The van der Waals surface area contributed by atoms with Crippen molar-refractivity contribution in [3.05, 3.63) is 28.9 Å². The first-order chi connectivity index (χ1) is 13.7. The van der Waals surface area contributed by atoms with Gasteiger partial charge in [0.25, 0.3) is 0 Å². The predicted molar refractivity (Wildman–Crippen MR) is 116 cm³/mol. The maximum absolute atomic E-state index is 13.2. The molecule has 0 bridgehead atoms. The molecular weight excluding hydrogens is 434 g/mol. The van der Waals surface area contributed by atoms with Crippen LogP contribution < -0.4 is 16.0 Å². The van der Waals surface area contributed by atoms with Crippen LogP contribution in [0.4, 0.5) is 9.93 Å². The van der Waals surface area contributed by atoms with Crippen molar-refractivity contribution in [3.8, 4) is 10.4 Å². The van der Waals surface area contributed by atoms with Crippen molar-refractivity contribution in [2.75, 3.05) is 38.5 Å². The largest absolute Gasteiger partial charge is 0.338 e. The lowest BCUT2D eigenvalue weighted by atomic mass is 10.2. The smallest absolute Gasteiger partial charge is 0.321 e. The van der Waals surface area contributed by atoms with E-state index in [4.69, 9.17) is 11.6 Å². The number of nitrogens with one attached hydrogen (secondary N) is 3. The number of carbonyl (C=O) groups excluding carboxylic acids is 1. The van der Waals surface area contributed by atoms with Crippen LogP contribution in [0.1, 0.15) is 12.6 Å². The van der Waals surface area contributed by atoms with Gasteiger partial charge in [-0.3, -0.25) is 10.6 Å². The zero-order valence-electron chi connectivity index (χ0n) is 16.5. The van der Waals surface area contributed by atoms with Crippen molar-refractivity contribution in [2.45, 2.75) is 24.1 Å². The van der Waals surface area contributed by atoms with Crippen LogP contribution in [0.2, 0.25) is 5.02 Å². The van der Waals surface area contributed by atoms with E-state index < -0.39 is 15.2 Å². The molecule has 1 saturated heterocycles. The van der Waals surface area contributed by atoms with Gasteiger partial charge in [0.05, 0.1) is 20.5 Å². The van der Waals surface area contributed by atoms with Crippen LogP contribution >= 0.6 is 22.9 Å². The number of aromatic nitrogens is 1. The molecule has 3 rings (SSSR count). The molecule has 3 N–H and O–H groups in total. The first kappa shape index (κ1) is 22.0. The number of carbonyl (C=O) groups is 1. The van der Waals surface area contributed by atoms with Gasteiger partial charge >= 0.3 is 6.03 Å². The second kappa shape index (κ2) is 8.97. The molecule has 2 heterocycles. The van der Waals surface area contributed by atoms with Crippen molar-refractivity contribution >= 4 is 43.9 Å². The van der Waals surface area contributed by atoms with Gasteiger partial charge < -0.3 is 10.2 Å². The molecule has 0 saturated carbocycles. The van der Waals surface area contributed by atoms with Crippen LogP contribution in [-0.4, -0.2) is 62.9 Å². The number of benzene rings is 1. The van der Waals surface area contributed by atoms with Gasteiger partial charge in [-0.1, -0.05) is 29.0 Å². The summed E-state index contributed by atoms with van der Waals surface area (Å²) in [7, 11) is -1.77. The first-order valence-electron chi connectivity index (χ1n) is 9.20. The second-order valence-corrected chi connectivity index (χ2v) is 10.3. The molecule has 1 aromatic heterocycles. The molecule has 158 valence electrons. The minimum absolute atomic E-state index is 0.0931. The summed E-state index contributed by atoms with van der Waals surface area (Å²) in [5.41, 5.74) is 1.39. The van der Waals surface area contributed by atoms with Crippen LogP contribution in [0.15, 0.2) is 23.1 Å². The van der Waals surface area contributed by atoms with E-state index in [2.05, 4.69) is 20.9 Å². The van der Waals surface area contributed by atoms with Gasteiger partial charge in [-0.05, 0) is 38.6 Å². The van der Waals surface area contributed by atoms with Crippen molar-refractivity contribution in [3.63, 3.8) is 0 Å². The van der Waals surface area contributed by atoms with E-state index in [-0.39, 0.29) is 15.9 Å². The average Bonchev–Trinajstić information content (AvgIpc) is 3.02. The summed E-state index contributed by atoms with van der Waals surface area (Å²) in [4.78, 5) is 19.0. The van der Waals surface area contributed by atoms with Crippen molar-refractivity contribution in [1.82, 2.24) is 20.5 Å². The molecule has 1 aromatic carbocycles. The Morgan fingerprint density at radius 2 is 2.21 bits per heavy atom. The number of likely N-dealkylation sites (N-methyl/N-ethyl adjacent to an activating group) is 1. The first-order valence-corrected chi connectivity index (χ1v) is 11.9. The van der Waals surface area contributed by atoms with E-state index in [1.54, 1.807) is 18.2 Å². The molecule has 0 aliphatic carbocycles.